The van der Waals surface area contributed by atoms with E-state index in [1.807, 2.05) is 23.6 Å². The van der Waals surface area contributed by atoms with Crippen molar-refractivity contribution < 1.29 is 14.3 Å². The van der Waals surface area contributed by atoms with E-state index in [0.29, 0.717) is 35.4 Å². The molecule has 132 valence electrons. The highest BCUT2D eigenvalue weighted by molar-refractivity contribution is 7.99. The molecule has 1 aromatic carbocycles. The summed E-state index contributed by atoms with van der Waals surface area (Å²) in [5, 5.41) is 2.61. The first-order valence-electron chi connectivity index (χ1n) is 8.22. The number of carbonyl (C=O) groups is 1. The fourth-order valence-corrected chi connectivity index (χ4v) is 3.94. The lowest BCUT2D eigenvalue weighted by Crippen LogP contribution is -2.04. The van der Waals surface area contributed by atoms with Gasteiger partial charge in [-0.25, -0.2) is 9.97 Å². The topological polar surface area (TPSA) is 61.3 Å². The molecule has 3 heterocycles. The maximum atomic E-state index is 12.5. The summed E-state index contributed by atoms with van der Waals surface area (Å²) >= 11 is 2.97. The van der Waals surface area contributed by atoms with Gasteiger partial charge >= 0.3 is 0 Å². The number of aromatic nitrogens is 2. The van der Waals surface area contributed by atoms with Crippen LogP contribution in [-0.2, 0) is 0 Å². The highest BCUT2D eigenvalue weighted by Crippen LogP contribution is 2.31. The van der Waals surface area contributed by atoms with Crippen LogP contribution in [0.1, 0.15) is 16.8 Å². The molecule has 1 aliphatic rings. The van der Waals surface area contributed by atoms with Crippen molar-refractivity contribution in [2.75, 3.05) is 19.0 Å². The number of fused-ring (bicyclic) bond motifs is 1. The van der Waals surface area contributed by atoms with E-state index in [2.05, 4.69) is 9.97 Å². The molecular formula is C19H16N2O3S2. The van der Waals surface area contributed by atoms with Gasteiger partial charge in [-0.1, -0.05) is 17.8 Å². The molecule has 26 heavy (non-hydrogen) atoms. The van der Waals surface area contributed by atoms with Gasteiger partial charge in [0.2, 0.25) is 0 Å². The van der Waals surface area contributed by atoms with E-state index in [-0.39, 0.29) is 11.5 Å². The van der Waals surface area contributed by atoms with Crippen LogP contribution in [0.5, 0.6) is 11.5 Å². The van der Waals surface area contributed by atoms with Gasteiger partial charge in [0.15, 0.2) is 22.4 Å². The van der Waals surface area contributed by atoms with Crippen LogP contribution in [0.25, 0.3) is 10.6 Å². The summed E-state index contributed by atoms with van der Waals surface area (Å²) in [5.41, 5.74) is 1.48. The van der Waals surface area contributed by atoms with Gasteiger partial charge in [-0.2, -0.15) is 0 Å². The normalized spacial score (nSPS) is 13.2. The number of benzene rings is 1. The molecule has 0 saturated heterocycles. The van der Waals surface area contributed by atoms with Crippen molar-refractivity contribution in [3.8, 4) is 22.1 Å². The molecule has 0 atom stereocenters. The van der Waals surface area contributed by atoms with Crippen molar-refractivity contribution in [3.63, 3.8) is 0 Å². The minimum Gasteiger partial charge on any atom is -0.490 e. The summed E-state index contributed by atoms with van der Waals surface area (Å²) in [6.07, 6.45) is 2.56. The average Bonchev–Trinajstić information content (AvgIpc) is 3.12. The number of thioether (sulfide) groups is 1. The molecule has 0 radical (unpaired) electrons. The first kappa shape index (κ1) is 17.1. The standard InChI is InChI=1S/C19H16N2O3S2/c22-15(13-4-5-16-17(11-13)24-9-2-8-23-16)12-26-19-20-7-6-14(21-19)18-3-1-10-25-18/h1,3-7,10-11H,2,8-9,12H2. The Morgan fingerprint density at radius 3 is 2.88 bits per heavy atom. The average molecular weight is 384 g/mol. The number of thiophene rings is 1. The number of nitrogens with zero attached hydrogens (tertiary/aromatic N) is 2. The summed E-state index contributed by atoms with van der Waals surface area (Å²) in [7, 11) is 0. The minimum atomic E-state index is 0.00998. The van der Waals surface area contributed by atoms with Gasteiger partial charge in [0.05, 0.1) is 29.5 Å². The number of hydrogen-bond donors (Lipinski definition) is 0. The SMILES string of the molecule is O=C(CSc1nccc(-c2cccs2)n1)c1ccc2c(c1)OCCCO2. The lowest BCUT2D eigenvalue weighted by atomic mass is 10.1. The number of ether oxygens (including phenoxy) is 2. The van der Waals surface area contributed by atoms with Crippen LogP contribution in [0.4, 0.5) is 0 Å². The molecule has 4 rings (SSSR count). The second kappa shape index (κ2) is 7.88. The molecule has 5 nitrogen and oxygen atoms in total. The lowest BCUT2D eigenvalue weighted by Gasteiger charge is -2.08. The molecule has 0 N–H and O–H groups in total. The number of hydrogen-bond acceptors (Lipinski definition) is 7. The van der Waals surface area contributed by atoms with Crippen LogP contribution in [0.2, 0.25) is 0 Å². The van der Waals surface area contributed by atoms with Crippen molar-refractivity contribution in [1.29, 1.82) is 0 Å². The minimum absolute atomic E-state index is 0.00998. The van der Waals surface area contributed by atoms with E-state index in [1.165, 1.54) is 11.8 Å². The number of Topliss-reactive ketones (excluding diaryl/α,β-unsaturated/α-hetero) is 1. The third-order valence-electron chi connectivity index (χ3n) is 3.81. The monoisotopic (exact) mass is 384 g/mol. The fourth-order valence-electron chi connectivity index (χ4n) is 2.52. The Morgan fingerprint density at radius 2 is 2.04 bits per heavy atom. The quantitative estimate of drug-likeness (QED) is 0.370. The van der Waals surface area contributed by atoms with Gasteiger partial charge in [0.1, 0.15) is 0 Å². The third kappa shape index (κ3) is 3.89. The Kier molecular flexibility index (Phi) is 5.17. The van der Waals surface area contributed by atoms with Gasteiger partial charge in [-0.05, 0) is 35.7 Å². The van der Waals surface area contributed by atoms with E-state index in [9.17, 15) is 4.79 Å². The van der Waals surface area contributed by atoms with Gasteiger partial charge in [-0.15, -0.1) is 11.3 Å². The molecule has 3 aromatic rings. The molecule has 2 aromatic heterocycles. The van der Waals surface area contributed by atoms with Gasteiger partial charge in [-0.3, -0.25) is 4.79 Å². The van der Waals surface area contributed by atoms with E-state index in [4.69, 9.17) is 9.47 Å². The van der Waals surface area contributed by atoms with Crippen LogP contribution in [0, 0.1) is 0 Å². The van der Waals surface area contributed by atoms with Gasteiger partial charge < -0.3 is 9.47 Å². The maximum Gasteiger partial charge on any atom is 0.188 e. The second-order valence-corrected chi connectivity index (χ2v) is 7.52. The predicted octanol–water partition coefficient (Wildman–Crippen LogP) is 4.34. The van der Waals surface area contributed by atoms with Crippen molar-refractivity contribution in [1.82, 2.24) is 9.97 Å². The summed E-state index contributed by atoms with van der Waals surface area (Å²) in [6.45, 7) is 1.23. The van der Waals surface area contributed by atoms with Crippen LogP contribution < -0.4 is 9.47 Å². The Hall–Kier alpha value is -2.38. The molecule has 0 unspecified atom stereocenters. The number of rotatable bonds is 5. The van der Waals surface area contributed by atoms with Gasteiger partial charge in [0, 0.05) is 18.2 Å². The van der Waals surface area contributed by atoms with Crippen LogP contribution in [0.15, 0.2) is 53.1 Å². The van der Waals surface area contributed by atoms with E-state index in [0.717, 1.165) is 17.0 Å². The first-order valence-corrected chi connectivity index (χ1v) is 10.1. The zero-order valence-corrected chi connectivity index (χ0v) is 15.5. The first-order chi connectivity index (χ1) is 12.8. The highest BCUT2D eigenvalue weighted by atomic mass is 32.2. The molecule has 0 spiro atoms. The summed E-state index contributed by atoms with van der Waals surface area (Å²) < 4.78 is 11.3. The zero-order chi connectivity index (χ0) is 17.8. The lowest BCUT2D eigenvalue weighted by molar-refractivity contribution is 0.102. The molecule has 0 saturated carbocycles. The molecule has 0 bridgehead atoms. The van der Waals surface area contributed by atoms with E-state index in [1.54, 1.807) is 35.7 Å². The van der Waals surface area contributed by atoms with Gasteiger partial charge in [0.25, 0.3) is 0 Å². The Bertz CT molecular complexity index is 913. The van der Waals surface area contributed by atoms with E-state index >= 15 is 0 Å². The smallest absolute Gasteiger partial charge is 0.188 e. The summed E-state index contributed by atoms with van der Waals surface area (Å²) in [4.78, 5) is 22.4. The van der Waals surface area contributed by atoms with E-state index < -0.39 is 0 Å². The van der Waals surface area contributed by atoms with Crippen LogP contribution >= 0.6 is 23.1 Å². The van der Waals surface area contributed by atoms with Crippen molar-refractivity contribution in [2.24, 2.45) is 0 Å². The Morgan fingerprint density at radius 1 is 1.15 bits per heavy atom. The maximum absolute atomic E-state index is 12.5. The molecule has 0 aliphatic carbocycles. The third-order valence-corrected chi connectivity index (χ3v) is 5.56. The van der Waals surface area contributed by atoms with Crippen molar-refractivity contribution in [2.45, 2.75) is 11.6 Å². The van der Waals surface area contributed by atoms with Crippen LogP contribution in [0.3, 0.4) is 0 Å². The second-order valence-electron chi connectivity index (χ2n) is 5.63. The Labute approximate surface area is 159 Å². The molecule has 0 amide bonds. The van der Waals surface area contributed by atoms with Crippen molar-refractivity contribution in [3.05, 3.63) is 53.5 Å². The fraction of sp³-hybridized carbons (Fsp3) is 0.211. The molecule has 1 aliphatic heterocycles. The number of ketones is 1. The predicted molar refractivity (Wildman–Crippen MR) is 102 cm³/mol. The molecular weight excluding hydrogens is 368 g/mol. The molecule has 0 fully saturated rings. The Balaban J connectivity index is 1.44. The number of carbonyl (C=O) groups excluding carboxylic acids is 1. The zero-order valence-electron chi connectivity index (χ0n) is 13.9. The molecule has 7 heteroatoms. The summed E-state index contributed by atoms with van der Waals surface area (Å²) in [6, 6.07) is 11.2. The van der Waals surface area contributed by atoms with Crippen molar-refractivity contribution >= 4 is 28.9 Å². The van der Waals surface area contributed by atoms with Crippen LogP contribution in [-0.4, -0.2) is 34.7 Å². The summed E-state index contributed by atoms with van der Waals surface area (Å²) in [5.74, 6) is 1.61. The largest absolute Gasteiger partial charge is 0.490 e. The highest BCUT2D eigenvalue weighted by Gasteiger charge is 2.15.